The van der Waals surface area contributed by atoms with Crippen LogP contribution in [-0.4, -0.2) is 30.6 Å². The molecule has 1 aromatic carbocycles. The van der Waals surface area contributed by atoms with Crippen LogP contribution in [0.25, 0.3) is 0 Å². The highest BCUT2D eigenvalue weighted by Crippen LogP contribution is 2.37. The van der Waals surface area contributed by atoms with Gasteiger partial charge in [-0.1, -0.05) is 37.9 Å². The largest absolute Gasteiger partial charge is 0.310 e. The Kier molecular flexibility index (Phi) is 5.09. The minimum absolute atomic E-state index is 0.393. The van der Waals surface area contributed by atoms with Gasteiger partial charge < -0.3 is 10.2 Å². The van der Waals surface area contributed by atoms with E-state index >= 15 is 0 Å². The highest BCUT2D eigenvalue weighted by atomic mass is 79.9. The van der Waals surface area contributed by atoms with E-state index < -0.39 is 0 Å². The molecule has 2 nitrogen and oxygen atoms in total. The molecular formula is C17H24Br2N2. The summed E-state index contributed by atoms with van der Waals surface area (Å²) in [6.07, 6.45) is 5.55. The van der Waals surface area contributed by atoms with Crippen molar-refractivity contribution in [3.05, 3.63) is 32.7 Å². The number of nitrogens with zero attached hydrogens (tertiary/aromatic N) is 1. The van der Waals surface area contributed by atoms with Crippen LogP contribution in [0.15, 0.2) is 27.1 Å². The van der Waals surface area contributed by atoms with Crippen molar-refractivity contribution in [2.45, 2.75) is 50.7 Å². The fourth-order valence-electron chi connectivity index (χ4n) is 4.00. The van der Waals surface area contributed by atoms with Crippen LogP contribution in [0, 0.1) is 5.92 Å². The van der Waals surface area contributed by atoms with E-state index in [9.17, 15) is 0 Å². The maximum atomic E-state index is 3.75. The highest BCUT2D eigenvalue weighted by molar-refractivity contribution is 9.11. The zero-order chi connectivity index (χ0) is 15.0. The Balaban J connectivity index is 1.55. The molecule has 1 N–H and O–H groups in total. The lowest BCUT2D eigenvalue weighted by Gasteiger charge is -2.37. The molecule has 2 saturated heterocycles. The average molecular weight is 416 g/mol. The van der Waals surface area contributed by atoms with Crippen LogP contribution in [0.4, 0.5) is 0 Å². The molecule has 116 valence electrons. The summed E-state index contributed by atoms with van der Waals surface area (Å²) < 4.78 is 2.30. The quantitative estimate of drug-likeness (QED) is 0.764. The summed E-state index contributed by atoms with van der Waals surface area (Å²) >= 11 is 7.19. The maximum Gasteiger partial charge on any atom is 0.0303 e. The van der Waals surface area contributed by atoms with Crippen molar-refractivity contribution in [2.24, 2.45) is 5.92 Å². The van der Waals surface area contributed by atoms with E-state index in [-0.39, 0.29) is 0 Å². The lowest BCUT2D eigenvalue weighted by molar-refractivity contribution is 0.131. The Morgan fingerprint density at radius 1 is 1.24 bits per heavy atom. The Hall–Kier alpha value is 0.1000. The average Bonchev–Trinajstić information content (AvgIpc) is 2.67. The molecule has 0 aliphatic carbocycles. The number of hydrogen-bond acceptors (Lipinski definition) is 2. The zero-order valence-electron chi connectivity index (χ0n) is 12.8. The second kappa shape index (κ2) is 6.69. The first-order chi connectivity index (χ1) is 10.0. The van der Waals surface area contributed by atoms with Crippen molar-refractivity contribution in [3.8, 4) is 0 Å². The van der Waals surface area contributed by atoms with E-state index in [2.05, 4.69) is 74.2 Å². The SMILES string of the molecule is CC(NCC1CC2CCC(C1)N2C)c1ccc(Br)cc1Br. The molecule has 1 aromatic rings. The van der Waals surface area contributed by atoms with Crippen molar-refractivity contribution in [3.63, 3.8) is 0 Å². The van der Waals surface area contributed by atoms with Gasteiger partial charge >= 0.3 is 0 Å². The summed E-state index contributed by atoms with van der Waals surface area (Å²) in [7, 11) is 2.31. The standard InChI is InChI=1S/C17H24Br2N2/c1-11(16-6-3-13(18)9-17(16)19)20-10-12-7-14-4-5-15(8-12)21(14)2/h3,6,9,11-12,14-15,20H,4-5,7-8,10H2,1-2H3. The Bertz CT molecular complexity index is 492. The number of benzene rings is 1. The lowest BCUT2D eigenvalue weighted by Crippen LogP contribution is -2.42. The molecule has 4 heteroatoms. The van der Waals surface area contributed by atoms with E-state index in [1.54, 1.807) is 0 Å². The predicted molar refractivity (Wildman–Crippen MR) is 95.6 cm³/mol. The maximum absolute atomic E-state index is 3.75. The van der Waals surface area contributed by atoms with Crippen LogP contribution < -0.4 is 5.32 Å². The number of fused-ring (bicyclic) bond motifs is 2. The minimum atomic E-state index is 0.393. The normalized spacial score (nSPS) is 30.6. The van der Waals surface area contributed by atoms with E-state index in [1.165, 1.54) is 35.7 Å². The third kappa shape index (κ3) is 3.54. The molecule has 0 aromatic heterocycles. The van der Waals surface area contributed by atoms with Gasteiger partial charge in [0.15, 0.2) is 0 Å². The third-order valence-corrected chi connectivity index (χ3v) is 6.52. The van der Waals surface area contributed by atoms with E-state index in [1.807, 2.05) is 0 Å². The van der Waals surface area contributed by atoms with Gasteiger partial charge in [0.05, 0.1) is 0 Å². The van der Waals surface area contributed by atoms with Gasteiger partial charge in [0.1, 0.15) is 0 Å². The molecule has 3 unspecified atom stereocenters. The Morgan fingerprint density at radius 3 is 2.52 bits per heavy atom. The van der Waals surface area contributed by atoms with E-state index in [0.29, 0.717) is 6.04 Å². The molecule has 3 rings (SSSR count). The summed E-state index contributed by atoms with van der Waals surface area (Å²) in [5.41, 5.74) is 1.34. The Morgan fingerprint density at radius 2 is 1.90 bits per heavy atom. The first kappa shape index (κ1) is 16.0. The molecule has 0 saturated carbocycles. The van der Waals surface area contributed by atoms with Gasteiger partial charge in [-0.3, -0.25) is 0 Å². The second-order valence-electron chi connectivity index (χ2n) is 6.68. The van der Waals surface area contributed by atoms with Gasteiger partial charge in [-0.15, -0.1) is 0 Å². The second-order valence-corrected chi connectivity index (χ2v) is 8.45. The van der Waals surface area contributed by atoms with E-state index in [4.69, 9.17) is 0 Å². The summed E-state index contributed by atoms with van der Waals surface area (Å²) in [6.45, 7) is 3.40. The van der Waals surface area contributed by atoms with Gasteiger partial charge in [0.2, 0.25) is 0 Å². The van der Waals surface area contributed by atoms with Crippen molar-refractivity contribution in [1.29, 1.82) is 0 Å². The first-order valence-electron chi connectivity index (χ1n) is 7.95. The number of halogens is 2. The third-order valence-electron chi connectivity index (χ3n) is 5.34. The summed E-state index contributed by atoms with van der Waals surface area (Å²) in [4.78, 5) is 2.62. The zero-order valence-corrected chi connectivity index (χ0v) is 16.0. The minimum Gasteiger partial charge on any atom is -0.310 e. The van der Waals surface area contributed by atoms with Crippen LogP contribution in [0.5, 0.6) is 0 Å². The topological polar surface area (TPSA) is 15.3 Å². The van der Waals surface area contributed by atoms with Crippen molar-refractivity contribution >= 4 is 31.9 Å². The summed E-state index contributed by atoms with van der Waals surface area (Å²) in [5.74, 6) is 0.843. The molecule has 3 atom stereocenters. The molecule has 0 radical (unpaired) electrons. The summed E-state index contributed by atoms with van der Waals surface area (Å²) in [6, 6.07) is 8.52. The Labute approximate surface area is 144 Å². The van der Waals surface area contributed by atoms with Crippen molar-refractivity contribution < 1.29 is 0 Å². The molecule has 0 spiro atoms. The molecule has 21 heavy (non-hydrogen) atoms. The van der Waals surface area contributed by atoms with Crippen LogP contribution in [-0.2, 0) is 0 Å². The smallest absolute Gasteiger partial charge is 0.0303 e. The number of nitrogens with one attached hydrogen (secondary N) is 1. The molecule has 0 amide bonds. The molecule has 2 aliphatic heterocycles. The van der Waals surface area contributed by atoms with Crippen LogP contribution >= 0.6 is 31.9 Å². The predicted octanol–water partition coefficient (Wildman–Crippen LogP) is 4.74. The number of hydrogen-bond donors (Lipinski definition) is 1. The fourth-order valence-corrected chi connectivity index (χ4v) is 5.39. The van der Waals surface area contributed by atoms with Gasteiger partial charge in [-0.05, 0) is 69.8 Å². The van der Waals surface area contributed by atoms with Gasteiger partial charge in [0, 0.05) is 27.1 Å². The molecule has 2 aliphatic rings. The van der Waals surface area contributed by atoms with Gasteiger partial charge in [0.25, 0.3) is 0 Å². The van der Waals surface area contributed by atoms with Crippen LogP contribution in [0.2, 0.25) is 0 Å². The van der Waals surface area contributed by atoms with Gasteiger partial charge in [-0.2, -0.15) is 0 Å². The highest BCUT2D eigenvalue weighted by Gasteiger charge is 2.38. The summed E-state index contributed by atoms with van der Waals surface area (Å²) in [5, 5.41) is 3.75. The van der Waals surface area contributed by atoms with Gasteiger partial charge in [-0.25, -0.2) is 0 Å². The van der Waals surface area contributed by atoms with Crippen LogP contribution in [0.1, 0.15) is 44.2 Å². The lowest BCUT2D eigenvalue weighted by atomic mass is 9.90. The number of rotatable bonds is 4. The molecule has 2 heterocycles. The van der Waals surface area contributed by atoms with E-state index in [0.717, 1.165) is 29.0 Å². The van der Waals surface area contributed by atoms with Crippen LogP contribution in [0.3, 0.4) is 0 Å². The molecular weight excluding hydrogens is 392 g/mol. The number of piperidine rings is 1. The molecule has 2 bridgehead atoms. The van der Waals surface area contributed by atoms with Crippen molar-refractivity contribution in [1.82, 2.24) is 10.2 Å². The van der Waals surface area contributed by atoms with Crippen molar-refractivity contribution in [2.75, 3.05) is 13.6 Å². The monoisotopic (exact) mass is 414 g/mol. The molecule has 2 fully saturated rings. The first-order valence-corrected chi connectivity index (χ1v) is 9.53. The fraction of sp³-hybridized carbons (Fsp3) is 0.647.